The van der Waals surface area contributed by atoms with E-state index in [1.54, 1.807) is 42.5 Å². The summed E-state index contributed by atoms with van der Waals surface area (Å²) in [6, 6.07) is 15.2. The highest BCUT2D eigenvalue weighted by Crippen LogP contribution is 2.32. The van der Waals surface area contributed by atoms with E-state index >= 15 is 0 Å². The number of hydrogen-bond donors (Lipinski definition) is 0. The summed E-state index contributed by atoms with van der Waals surface area (Å²) in [6.07, 6.45) is -6.35. The van der Waals surface area contributed by atoms with Gasteiger partial charge in [-0.15, -0.1) is 0 Å². The van der Waals surface area contributed by atoms with E-state index in [1.165, 1.54) is 6.92 Å². The highest BCUT2D eigenvalue weighted by atomic mass is 16.7. The number of rotatable bonds is 8. The Hall–Kier alpha value is -3.92. The van der Waals surface area contributed by atoms with Crippen molar-refractivity contribution in [2.75, 3.05) is 6.61 Å². The molecule has 0 amide bonds. The molecule has 10 nitrogen and oxygen atoms in total. The molecule has 0 unspecified atom stereocenters. The van der Waals surface area contributed by atoms with Crippen LogP contribution in [0.1, 0.15) is 36.7 Å². The van der Waals surface area contributed by atoms with E-state index < -0.39 is 54.6 Å². The van der Waals surface area contributed by atoms with Crippen LogP contribution in [0.3, 0.4) is 0 Å². The summed E-state index contributed by atoms with van der Waals surface area (Å²) in [7, 11) is 0. The maximum absolute atomic E-state index is 13.0. The van der Waals surface area contributed by atoms with Gasteiger partial charge in [0.05, 0.1) is 5.56 Å². The van der Waals surface area contributed by atoms with Gasteiger partial charge >= 0.3 is 23.9 Å². The van der Waals surface area contributed by atoms with Gasteiger partial charge in [-0.3, -0.25) is 14.4 Å². The van der Waals surface area contributed by atoms with Crippen LogP contribution in [-0.2, 0) is 38.1 Å². The molecule has 3 rings (SSSR count). The van der Waals surface area contributed by atoms with Crippen molar-refractivity contribution in [3.05, 3.63) is 65.7 Å². The zero-order chi connectivity index (χ0) is 26.2. The molecule has 1 heterocycles. The van der Waals surface area contributed by atoms with Crippen molar-refractivity contribution < 1.29 is 47.6 Å². The smallest absolute Gasteiger partial charge is 0.338 e. The van der Waals surface area contributed by atoms with Gasteiger partial charge in [-0.05, 0) is 30.7 Å². The van der Waals surface area contributed by atoms with E-state index in [0.717, 1.165) is 19.4 Å². The number of aryl methyl sites for hydroxylation is 1. The molecule has 0 spiro atoms. The average Bonchev–Trinajstić information content (AvgIpc) is 2.82. The number of esters is 4. The minimum Gasteiger partial charge on any atom is -0.463 e. The van der Waals surface area contributed by atoms with Crippen LogP contribution in [-0.4, -0.2) is 61.2 Å². The fraction of sp³-hybridized carbons (Fsp3) is 0.385. The fourth-order valence-corrected chi connectivity index (χ4v) is 3.67. The summed E-state index contributed by atoms with van der Waals surface area (Å²) >= 11 is 0. The molecule has 1 aliphatic heterocycles. The van der Waals surface area contributed by atoms with Crippen molar-refractivity contribution in [3.8, 4) is 5.75 Å². The van der Waals surface area contributed by atoms with Gasteiger partial charge in [0.25, 0.3) is 0 Å². The molecule has 0 bridgehead atoms. The zero-order valence-corrected chi connectivity index (χ0v) is 20.4. The topological polar surface area (TPSA) is 124 Å². The van der Waals surface area contributed by atoms with Crippen LogP contribution in [0, 0.1) is 6.92 Å². The minimum absolute atomic E-state index is 0.236. The number of ether oxygens (including phenoxy) is 6. The number of para-hydroxylation sites is 1. The van der Waals surface area contributed by atoms with E-state index in [9.17, 15) is 19.2 Å². The van der Waals surface area contributed by atoms with Crippen molar-refractivity contribution >= 4 is 23.9 Å². The van der Waals surface area contributed by atoms with E-state index in [0.29, 0.717) is 5.75 Å². The third-order valence-corrected chi connectivity index (χ3v) is 5.24. The Morgan fingerprint density at radius 2 is 1.36 bits per heavy atom. The summed E-state index contributed by atoms with van der Waals surface area (Å²) in [4.78, 5) is 48.5. The van der Waals surface area contributed by atoms with Crippen molar-refractivity contribution in [3.63, 3.8) is 0 Å². The molecule has 0 aromatic heterocycles. The first-order chi connectivity index (χ1) is 17.2. The molecule has 0 N–H and O–H groups in total. The molecule has 0 aliphatic carbocycles. The first-order valence-corrected chi connectivity index (χ1v) is 11.3. The van der Waals surface area contributed by atoms with Gasteiger partial charge in [-0.2, -0.15) is 0 Å². The minimum atomic E-state index is -1.35. The van der Waals surface area contributed by atoms with Crippen molar-refractivity contribution in [2.45, 2.75) is 58.4 Å². The van der Waals surface area contributed by atoms with Crippen molar-refractivity contribution in [1.29, 1.82) is 0 Å². The second-order valence-corrected chi connectivity index (χ2v) is 8.11. The predicted octanol–water partition coefficient (Wildman–Crippen LogP) is 2.75. The Bertz CT molecular complexity index is 1080. The molecule has 0 radical (unpaired) electrons. The van der Waals surface area contributed by atoms with Gasteiger partial charge in [0.1, 0.15) is 18.5 Å². The molecule has 1 aliphatic rings. The SMILES string of the molecule is CC(=O)OC[C@H]1O[C@@H](Oc2ccccc2C)[C@H](OC(=O)c2ccccc2)[C@@H](OC(C)=O)[C@@H]1OC(C)=O. The molecule has 5 atom stereocenters. The molecular formula is C26H28O10. The lowest BCUT2D eigenvalue weighted by molar-refractivity contribution is -0.284. The maximum Gasteiger partial charge on any atom is 0.338 e. The fourth-order valence-electron chi connectivity index (χ4n) is 3.67. The lowest BCUT2D eigenvalue weighted by atomic mass is 9.98. The molecule has 10 heteroatoms. The third kappa shape index (κ3) is 7.05. The van der Waals surface area contributed by atoms with Gasteiger partial charge < -0.3 is 28.4 Å². The van der Waals surface area contributed by atoms with Crippen molar-refractivity contribution in [2.24, 2.45) is 0 Å². The standard InChI is InChI=1S/C26H28O10/c1-15-10-8-9-13-20(15)34-26-24(36-25(30)19-11-6-5-7-12-19)23(33-18(4)29)22(32-17(3)28)21(35-26)14-31-16(2)27/h5-13,21-24,26H,14H2,1-4H3/t21-,22-,23+,24-,26-/m1/s1. The molecule has 0 saturated carbocycles. The lowest BCUT2D eigenvalue weighted by Gasteiger charge is -2.44. The van der Waals surface area contributed by atoms with Gasteiger partial charge in [0.2, 0.25) is 12.4 Å². The number of carbonyl (C=O) groups is 4. The van der Waals surface area contributed by atoms with E-state index in [4.69, 9.17) is 28.4 Å². The molecule has 192 valence electrons. The first-order valence-electron chi connectivity index (χ1n) is 11.3. The van der Waals surface area contributed by atoms with E-state index in [-0.39, 0.29) is 12.2 Å². The Morgan fingerprint density at radius 3 is 1.97 bits per heavy atom. The summed E-state index contributed by atoms with van der Waals surface area (Å²) in [5.74, 6) is -2.35. The third-order valence-electron chi connectivity index (χ3n) is 5.24. The van der Waals surface area contributed by atoms with Crippen LogP contribution in [0.5, 0.6) is 5.75 Å². The maximum atomic E-state index is 13.0. The Kier molecular flexibility index (Phi) is 9.02. The average molecular weight is 501 g/mol. The second-order valence-electron chi connectivity index (χ2n) is 8.11. The van der Waals surface area contributed by atoms with E-state index in [2.05, 4.69) is 0 Å². The van der Waals surface area contributed by atoms with Crippen LogP contribution in [0.2, 0.25) is 0 Å². The molecule has 36 heavy (non-hydrogen) atoms. The van der Waals surface area contributed by atoms with Crippen LogP contribution in [0.15, 0.2) is 54.6 Å². The van der Waals surface area contributed by atoms with Crippen LogP contribution >= 0.6 is 0 Å². The van der Waals surface area contributed by atoms with Gasteiger partial charge in [-0.25, -0.2) is 4.79 Å². The monoisotopic (exact) mass is 500 g/mol. The molecule has 2 aromatic carbocycles. The van der Waals surface area contributed by atoms with Crippen LogP contribution in [0.4, 0.5) is 0 Å². The predicted molar refractivity (Wildman–Crippen MR) is 124 cm³/mol. The summed E-state index contributed by atoms with van der Waals surface area (Å²) in [6.45, 7) is 5.00. The number of benzene rings is 2. The number of hydrogen-bond acceptors (Lipinski definition) is 10. The Balaban J connectivity index is 2.03. The molecule has 1 fully saturated rings. The lowest BCUT2D eigenvalue weighted by Crippen LogP contribution is -2.63. The Labute approximate surface area is 208 Å². The number of carbonyl (C=O) groups excluding carboxylic acids is 4. The molecular weight excluding hydrogens is 472 g/mol. The van der Waals surface area contributed by atoms with Gasteiger partial charge in [-0.1, -0.05) is 36.4 Å². The van der Waals surface area contributed by atoms with Gasteiger partial charge in [0, 0.05) is 20.8 Å². The summed E-state index contributed by atoms with van der Waals surface area (Å²) < 4.78 is 33.8. The molecule has 1 saturated heterocycles. The summed E-state index contributed by atoms with van der Waals surface area (Å²) in [5, 5.41) is 0. The zero-order valence-electron chi connectivity index (χ0n) is 20.4. The first kappa shape index (κ1) is 26.7. The highest BCUT2D eigenvalue weighted by Gasteiger charge is 2.53. The van der Waals surface area contributed by atoms with E-state index in [1.807, 2.05) is 19.1 Å². The summed E-state index contributed by atoms with van der Waals surface area (Å²) in [5.41, 5.74) is 0.997. The molecule has 2 aromatic rings. The largest absolute Gasteiger partial charge is 0.463 e. The Morgan fingerprint density at radius 1 is 0.750 bits per heavy atom. The quantitative estimate of drug-likeness (QED) is 0.395. The normalized spacial score (nSPS) is 23.2. The second kappa shape index (κ2) is 12.2. The highest BCUT2D eigenvalue weighted by molar-refractivity contribution is 5.89. The van der Waals surface area contributed by atoms with Crippen LogP contribution < -0.4 is 4.74 Å². The van der Waals surface area contributed by atoms with Crippen LogP contribution in [0.25, 0.3) is 0 Å². The van der Waals surface area contributed by atoms with Gasteiger partial charge in [0.15, 0.2) is 12.2 Å². The van der Waals surface area contributed by atoms with Crippen molar-refractivity contribution in [1.82, 2.24) is 0 Å².